The molecule has 0 unspecified atom stereocenters. The van der Waals surface area contributed by atoms with Gasteiger partial charge < -0.3 is 5.32 Å². The number of aryl methyl sites for hydroxylation is 2. The number of carbonyl (C=O) groups is 1. The van der Waals surface area contributed by atoms with Crippen molar-refractivity contribution in [3.05, 3.63) is 62.6 Å². The lowest BCUT2D eigenvalue weighted by Gasteiger charge is -2.08. The first-order valence-corrected chi connectivity index (χ1v) is 7.69. The zero-order valence-corrected chi connectivity index (χ0v) is 13.1. The number of fused-ring (bicyclic) bond motifs is 1. The summed E-state index contributed by atoms with van der Waals surface area (Å²) in [6.07, 6.45) is 3.45. The van der Waals surface area contributed by atoms with Crippen molar-refractivity contribution < 1.29 is 4.79 Å². The average molecular weight is 351 g/mol. The molecule has 0 bridgehead atoms. The maximum Gasteiger partial charge on any atom is 0.255 e. The third kappa shape index (κ3) is 2.74. The van der Waals surface area contributed by atoms with Gasteiger partial charge in [-0.05, 0) is 76.7 Å². The summed E-state index contributed by atoms with van der Waals surface area (Å²) in [5.41, 5.74) is 4.14. The average Bonchev–Trinajstić information content (AvgIpc) is 2.89. The quantitative estimate of drug-likeness (QED) is 0.824. The van der Waals surface area contributed by atoms with Crippen molar-refractivity contribution in [3.8, 4) is 0 Å². The Bertz CT molecular complexity index is 684. The Morgan fingerprint density at radius 2 is 1.90 bits per heavy atom. The molecule has 0 aromatic heterocycles. The molecule has 1 N–H and O–H groups in total. The molecule has 0 heterocycles. The molecule has 0 saturated carbocycles. The molecule has 0 radical (unpaired) electrons. The number of rotatable bonds is 2. The van der Waals surface area contributed by atoms with Gasteiger partial charge in [0.1, 0.15) is 0 Å². The zero-order chi connectivity index (χ0) is 14.1. The second-order valence-electron chi connectivity index (χ2n) is 4.92. The number of benzene rings is 2. The monoisotopic (exact) mass is 349 g/mol. The van der Waals surface area contributed by atoms with E-state index in [9.17, 15) is 4.79 Å². The fraction of sp³-hybridized carbons (Fsp3) is 0.188. The molecule has 0 aliphatic heterocycles. The highest BCUT2D eigenvalue weighted by Crippen LogP contribution is 2.26. The predicted octanol–water partition coefficient (Wildman–Crippen LogP) is 4.84. The molecule has 1 amide bonds. The molecular formula is C16H13BrClNO. The summed E-state index contributed by atoms with van der Waals surface area (Å²) in [5.74, 6) is -0.141. The van der Waals surface area contributed by atoms with E-state index in [4.69, 9.17) is 11.6 Å². The van der Waals surface area contributed by atoms with Crippen LogP contribution in [0, 0.1) is 0 Å². The summed E-state index contributed by atoms with van der Waals surface area (Å²) in [6, 6.07) is 11.3. The first-order chi connectivity index (χ1) is 9.63. The number of anilines is 1. The Balaban J connectivity index is 1.80. The Hall–Kier alpha value is -1.32. The number of nitrogens with one attached hydrogen (secondary N) is 1. The molecular weight excluding hydrogens is 338 g/mol. The Labute approximate surface area is 131 Å². The van der Waals surface area contributed by atoms with E-state index in [1.807, 2.05) is 6.07 Å². The van der Waals surface area contributed by atoms with Crippen LogP contribution in [0.1, 0.15) is 27.9 Å². The lowest BCUT2D eigenvalue weighted by molar-refractivity contribution is 0.102. The summed E-state index contributed by atoms with van der Waals surface area (Å²) in [4.78, 5) is 12.2. The molecule has 0 saturated heterocycles. The minimum Gasteiger partial charge on any atom is -0.322 e. The van der Waals surface area contributed by atoms with Crippen LogP contribution >= 0.6 is 27.5 Å². The van der Waals surface area contributed by atoms with Crippen molar-refractivity contribution >= 4 is 39.1 Å². The van der Waals surface area contributed by atoms with E-state index >= 15 is 0 Å². The summed E-state index contributed by atoms with van der Waals surface area (Å²) in [6.45, 7) is 0. The fourth-order valence-electron chi connectivity index (χ4n) is 2.49. The van der Waals surface area contributed by atoms with Crippen LogP contribution in [0.4, 0.5) is 5.69 Å². The van der Waals surface area contributed by atoms with Crippen LogP contribution in [-0.2, 0) is 12.8 Å². The third-order valence-electron chi connectivity index (χ3n) is 3.54. The largest absolute Gasteiger partial charge is 0.322 e. The molecule has 1 aliphatic carbocycles. The molecule has 1 aliphatic rings. The summed E-state index contributed by atoms with van der Waals surface area (Å²) in [5, 5.41) is 3.46. The van der Waals surface area contributed by atoms with Gasteiger partial charge in [-0.15, -0.1) is 0 Å². The van der Waals surface area contributed by atoms with Crippen molar-refractivity contribution in [2.75, 3.05) is 5.32 Å². The Kier molecular flexibility index (Phi) is 3.81. The molecule has 0 atom stereocenters. The molecule has 20 heavy (non-hydrogen) atoms. The third-order valence-corrected chi connectivity index (χ3v) is 4.77. The van der Waals surface area contributed by atoms with Crippen LogP contribution in [0.3, 0.4) is 0 Å². The van der Waals surface area contributed by atoms with Gasteiger partial charge >= 0.3 is 0 Å². The van der Waals surface area contributed by atoms with Gasteiger partial charge in [0, 0.05) is 15.7 Å². The van der Waals surface area contributed by atoms with Gasteiger partial charge in [-0.25, -0.2) is 0 Å². The van der Waals surface area contributed by atoms with Crippen molar-refractivity contribution in [1.29, 1.82) is 0 Å². The molecule has 0 spiro atoms. The van der Waals surface area contributed by atoms with E-state index in [1.54, 1.807) is 18.2 Å². The number of amides is 1. The number of hydrogen-bond acceptors (Lipinski definition) is 1. The highest BCUT2D eigenvalue weighted by atomic mass is 79.9. The van der Waals surface area contributed by atoms with Crippen molar-refractivity contribution in [2.24, 2.45) is 0 Å². The predicted molar refractivity (Wildman–Crippen MR) is 85.6 cm³/mol. The van der Waals surface area contributed by atoms with Crippen LogP contribution in [0.15, 0.2) is 40.9 Å². The van der Waals surface area contributed by atoms with Gasteiger partial charge in [0.05, 0.1) is 5.02 Å². The molecule has 2 nitrogen and oxygen atoms in total. The lowest BCUT2D eigenvalue weighted by Crippen LogP contribution is -2.12. The number of halogens is 2. The lowest BCUT2D eigenvalue weighted by atomic mass is 10.1. The normalized spacial score (nSPS) is 13.1. The summed E-state index contributed by atoms with van der Waals surface area (Å²) < 4.78 is 0.785. The highest BCUT2D eigenvalue weighted by Gasteiger charge is 2.13. The second kappa shape index (κ2) is 5.58. The first kappa shape index (κ1) is 13.7. The topological polar surface area (TPSA) is 29.1 Å². The zero-order valence-electron chi connectivity index (χ0n) is 10.7. The fourth-order valence-corrected chi connectivity index (χ4v) is 2.92. The second-order valence-corrected chi connectivity index (χ2v) is 6.18. The minimum atomic E-state index is -0.141. The minimum absolute atomic E-state index is 0.141. The molecule has 2 aromatic rings. The SMILES string of the molecule is O=C(Nc1ccc2c(c1)CCC2)c1ccc(Br)c(Cl)c1. The van der Waals surface area contributed by atoms with Gasteiger partial charge in [0.2, 0.25) is 0 Å². The Morgan fingerprint density at radius 3 is 2.70 bits per heavy atom. The van der Waals surface area contributed by atoms with E-state index < -0.39 is 0 Å². The van der Waals surface area contributed by atoms with Crippen LogP contribution in [0.5, 0.6) is 0 Å². The molecule has 102 valence electrons. The van der Waals surface area contributed by atoms with Gasteiger partial charge in [-0.3, -0.25) is 4.79 Å². The maximum atomic E-state index is 12.2. The number of carbonyl (C=O) groups excluding carboxylic acids is 1. The van der Waals surface area contributed by atoms with E-state index in [2.05, 4.69) is 33.4 Å². The summed E-state index contributed by atoms with van der Waals surface area (Å²) >= 11 is 9.33. The Morgan fingerprint density at radius 1 is 1.10 bits per heavy atom. The van der Waals surface area contributed by atoms with E-state index in [1.165, 1.54) is 17.5 Å². The standard InChI is InChI=1S/C16H13BrClNO/c17-14-7-5-12(9-15(14)18)16(20)19-13-6-4-10-2-1-3-11(10)8-13/h4-9H,1-3H2,(H,19,20). The van der Waals surface area contributed by atoms with Crippen molar-refractivity contribution in [2.45, 2.75) is 19.3 Å². The summed E-state index contributed by atoms with van der Waals surface area (Å²) in [7, 11) is 0. The smallest absolute Gasteiger partial charge is 0.255 e. The van der Waals surface area contributed by atoms with Gasteiger partial charge in [0.25, 0.3) is 5.91 Å². The van der Waals surface area contributed by atoms with E-state index in [0.717, 1.165) is 23.0 Å². The van der Waals surface area contributed by atoms with Gasteiger partial charge in [-0.2, -0.15) is 0 Å². The van der Waals surface area contributed by atoms with Crippen LogP contribution in [0.25, 0.3) is 0 Å². The van der Waals surface area contributed by atoms with Gasteiger partial charge in [-0.1, -0.05) is 17.7 Å². The van der Waals surface area contributed by atoms with Crippen molar-refractivity contribution in [1.82, 2.24) is 0 Å². The van der Waals surface area contributed by atoms with Crippen LogP contribution in [0.2, 0.25) is 5.02 Å². The van der Waals surface area contributed by atoms with Crippen LogP contribution < -0.4 is 5.32 Å². The molecule has 2 aromatic carbocycles. The van der Waals surface area contributed by atoms with Gasteiger partial charge in [0.15, 0.2) is 0 Å². The number of hydrogen-bond donors (Lipinski definition) is 1. The molecule has 0 fully saturated rings. The molecule has 4 heteroatoms. The van der Waals surface area contributed by atoms with Crippen molar-refractivity contribution in [3.63, 3.8) is 0 Å². The van der Waals surface area contributed by atoms with E-state index in [-0.39, 0.29) is 5.91 Å². The maximum absolute atomic E-state index is 12.2. The van der Waals surface area contributed by atoms with E-state index in [0.29, 0.717) is 10.6 Å². The molecule has 3 rings (SSSR count). The van der Waals surface area contributed by atoms with Crippen LogP contribution in [-0.4, -0.2) is 5.91 Å². The highest BCUT2D eigenvalue weighted by molar-refractivity contribution is 9.10. The first-order valence-electron chi connectivity index (χ1n) is 6.52.